The van der Waals surface area contributed by atoms with Gasteiger partial charge >= 0.3 is 0 Å². The Morgan fingerprint density at radius 1 is 1.27 bits per heavy atom. The molecule has 3 rings (SSSR count). The minimum absolute atomic E-state index is 0.0929. The largest absolute Gasteiger partial charge is 0.375 e. The highest BCUT2D eigenvalue weighted by atomic mass is 32.2. The number of pyridine rings is 1. The van der Waals surface area contributed by atoms with Gasteiger partial charge in [0.25, 0.3) is 0 Å². The lowest BCUT2D eigenvalue weighted by molar-refractivity contribution is -0.140. The molecule has 0 spiro atoms. The highest BCUT2D eigenvalue weighted by Crippen LogP contribution is 2.16. The van der Waals surface area contributed by atoms with E-state index in [1.54, 1.807) is 18.3 Å². The second-order valence-corrected chi connectivity index (χ2v) is 8.55. The van der Waals surface area contributed by atoms with Crippen LogP contribution in [0.15, 0.2) is 29.4 Å². The predicted molar refractivity (Wildman–Crippen MR) is 96.0 cm³/mol. The molecule has 2 aliphatic heterocycles. The molecule has 1 atom stereocenters. The van der Waals surface area contributed by atoms with Crippen molar-refractivity contribution >= 4 is 15.9 Å². The van der Waals surface area contributed by atoms with Crippen molar-refractivity contribution in [3.8, 4) is 0 Å². The number of carbonyl (C=O) groups excluding carboxylic acids is 1. The third kappa shape index (κ3) is 4.40. The summed E-state index contributed by atoms with van der Waals surface area (Å²) in [5.74, 6) is 0.0929. The third-order valence-corrected chi connectivity index (χ3v) is 6.79. The Labute approximate surface area is 154 Å². The lowest BCUT2D eigenvalue weighted by Crippen LogP contribution is -2.53. The lowest BCUT2D eigenvalue weighted by atomic mass is 10.2. The van der Waals surface area contributed by atoms with E-state index in [4.69, 9.17) is 4.74 Å². The summed E-state index contributed by atoms with van der Waals surface area (Å²) in [6.07, 6.45) is 3.94. The number of amides is 1. The molecule has 2 saturated heterocycles. The van der Waals surface area contributed by atoms with Crippen molar-refractivity contribution in [2.45, 2.75) is 24.3 Å². The smallest absolute Gasteiger partial charge is 0.244 e. The van der Waals surface area contributed by atoms with Crippen LogP contribution in [0.1, 0.15) is 13.3 Å². The van der Waals surface area contributed by atoms with Crippen LogP contribution in [0.2, 0.25) is 0 Å². The van der Waals surface area contributed by atoms with E-state index in [0.29, 0.717) is 52.4 Å². The molecule has 1 unspecified atom stereocenters. The number of aromatic nitrogens is 1. The quantitative estimate of drug-likeness (QED) is 0.714. The van der Waals surface area contributed by atoms with Gasteiger partial charge < -0.3 is 9.64 Å². The Bertz CT molecular complexity index is 705. The topological polar surface area (TPSA) is 83.1 Å². The molecule has 144 valence electrons. The van der Waals surface area contributed by atoms with Gasteiger partial charge in [-0.05, 0) is 18.6 Å². The lowest BCUT2D eigenvalue weighted by Gasteiger charge is -2.36. The van der Waals surface area contributed by atoms with Crippen molar-refractivity contribution in [2.24, 2.45) is 0 Å². The Kier molecular flexibility index (Phi) is 6.23. The van der Waals surface area contributed by atoms with Gasteiger partial charge in [-0.2, -0.15) is 4.31 Å². The number of hydrogen-bond acceptors (Lipinski definition) is 6. The fraction of sp³-hybridized carbons (Fsp3) is 0.647. The maximum absolute atomic E-state index is 12.6. The zero-order valence-electron chi connectivity index (χ0n) is 15.1. The van der Waals surface area contributed by atoms with E-state index in [9.17, 15) is 13.2 Å². The Balaban J connectivity index is 1.52. The first-order valence-electron chi connectivity index (χ1n) is 9.02. The Hall–Kier alpha value is -1.55. The molecule has 0 aromatic carbocycles. The van der Waals surface area contributed by atoms with Crippen LogP contribution in [0.3, 0.4) is 0 Å². The summed E-state index contributed by atoms with van der Waals surface area (Å²) in [5, 5.41) is 0. The van der Waals surface area contributed by atoms with Crippen molar-refractivity contribution in [1.82, 2.24) is 19.1 Å². The van der Waals surface area contributed by atoms with E-state index in [0.717, 1.165) is 6.42 Å². The van der Waals surface area contributed by atoms with E-state index < -0.39 is 10.0 Å². The van der Waals surface area contributed by atoms with Crippen LogP contribution in [-0.4, -0.2) is 91.9 Å². The molecule has 1 aromatic rings. The van der Waals surface area contributed by atoms with E-state index in [1.165, 1.54) is 10.5 Å². The number of rotatable bonds is 5. The van der Waals surface area contributed by atoms with Crippen LogP contribution >= 0.6 is 0 Å². The second-order valence-electron chi connectivity index (χ2n) is 6.61. The predicted octanol–water partition coefficient (Wildman–Crippen LogP) is 0.0253. The molecule has 9 heteroatoms. The van der Waals surface area contributed by atoms with E-state index in [-0.39, 0.29) is 16.9 Å². The van der Waals surface area contributed by atoms with Crippen molar-refractivity contribution < 1.29 is 17.9 Å². The number of carbonyl (C=O) groups is 1. The van der Waals surface area contributed by atoms with Crippen LogP contribution < -0.4 is 0 Å². The first-order chi connectivity index (χ1) is 12.5. The van der Waals surface area contributed by atoms with Crippen LogP contribution in [0.5, 0.6) is 0 Å². The average molecular weight is 382 g/mol. The van der Waals surface area contributed by atoms with Gasteiger partial charge in [0.1, 0.15) is 4.90 Å². The summed E-state index contributed by atoms with van der Waals surface area (Å²) in [5.41, 5.74) is 0. The van der Waals surface area contributed by atoms with Crippen LogP contribution in [0.4, 0.5) is 0 Å². The number of ether oxygens (including phenoxy) is 1. The molecule has 0 aliphatic carbocycles. The first-order valence-corrected chi connectivity index (χ1v) is 10.5. The van der Waals surface area contributed by atoms with Gasteiger partial charge in [-0.25, -0.2) is 8.42 Å². The molecule has 2 aliphatic rings. The number of piperazine rings is 1. The van der Waals surface area contributed by atoms with Gasteiger partial charge in [-0.3, -0.25) is 14.7 Å². The van der Waals surface area contributed by atoms with Crippen molar-refractivity contribution in [2.75, 3.05) is 52.4 Å². The molecular formula is C17H26N4O4S. The van der Waals surface area contributed by atoms with E-state index in [2.05, 4.69) is 11.9 Å². The molecule has 1 aromatic heterocycles. The maximum atomic E-state index is 12.6. The highest BCUT2D eigenvalue weighted by Gasteiger charge is 2.30. The molecule has 0 bridgehead atoms. The summed E-state index contributed by atoms with van der Waals surface area (Å²) in [6, 6.07) is 3.18. The van der Waals surface area contributed by atoms with Crippen molar-refractivity contribution in [3.05, 3.63) is 24.5 Å². The zero-order chi connectivity index (χ0) is 18.6. The zero-order valence-corrected chi connectivity index (χ0v) is 15.9. The molecule has 26 heavy (non-hydrogen) atoms. The van der Waals surface area contributed by atoms with Gasteiger partial charge in [0, 0.05) is 51.7 Å². The number of nitrogens with zero attached hydrogens (tertiary/aromatic N) is 4. The molecule has 0 N–H and O–H groups in total. The number of hydrogen-bond donors (Lipinski definition) is 0. The minimum atomic E-state index is -3.51. The fourth-order valence-corrected chi connectivity index (χ4v) is 4.65. The monoisotopic (exact) mass is 382 g/mol. The first kappa shape index (κ1) is 19.2. The third-order valence-electron chi connectivity index (χ3n) is 4.91. The van der Waals surface area contributed by atoms with Crippen LogP contribution in [0.25, 0.3) is 0 Å². The van der Waals surface area contributed by atoms with Gasteiger partial charge in [0.2, 0.25) is 15.9 Å². The van der Waals surface area contributed by atoms with Gasteiger partial charge in [-0.1, -0.05) is 6.92 Å². The SMILES string of the molecule is CCC1CN(C(=O)CN2CCN(S(=O)(=O)c3cccnc3)CC2)CCO1. The summed E-state index contributed by atoms with van der Waals surface area (Å²) in [6.45, 7) is 6.10. The van der Waals surface area contributed by atoms with Crippen molar-refractivity contribution in [1.29, 1.82) is 0 Å². The van der Waals surface area contributed by atoms with Gasteiger partial charge in [0.15, 0.2) is 0 Å². The number of morpholine rings is 1. The molecule has 0 saturated carbocycles. The summed E-state index contributed by atoms with van der Waals surface area (Å²) in [4.78, 5) is 20.5. The van der Waals surface area contributed by atoms with Gasteiger partial charge in [-0.15, -0.1) is 0 Å². The number of sulfonamides is 1. The van der Waals surface area contributed by atoms with E-state index in [1.807, 2.05) is 9.80 Å². The van der Waals surface area contributed by atoms with Crippen LogP contribution in [0, 0.1) is 0 Å². The summed E-state index contributed by atoms with van der Waals surface area (Å²) < 4.78 is 32.3. The molecule has 8 nitrogen and oxygen atoms in total. The molecule has 0 radical (unpaired) electrons. The Morgan fingerprint density at radius 3 is 2.69 bits per heavy atom. The maximum Gasteiger partial charge on any atom is 0.244 e. The standard InChI is InChI=1S/C17H26N4O4S/c1-2-15-13-20(10-11-25-15)17(22)14-19-6-8-21(9-7-19)26(23,24)16-4-3-5-18-12-16/h3-5,12,15H,2,6-11,13-14H2,1H3. The second kappa shape index (κ2) is 8.43. The highest BCUT2D eigenvalue weighted by molar-refractivity contribution is 7.89. The van der Waals surface area contributed by atoms with Crippen LogP contribution in [-0.2, 0) is 19.6 Å². The van der Waals surface area contributed by atoms with Gasteiger partial charge in [0.05, 0.1) is 19.3 Å². The molecule has 3 heterocycles. The fourth-order valence-electron chi connectivity index (χ4n) is 3.26. The van der Waals surface area contributed by atoms with Crippen molar-refractivity contribution in [3.63, 3.8) is 0 Å². The normalized spacial score (nSPS) is 23.1. The van der Waals surface area contributed by atoms with E-state index >= 15 is 0 Å². The summed E-state index contributed by atoms with van der Waals surface area (Å²) >= 11 is 0. The molecule has 2 fully saturated rings. The minimum Gasteiger partial charge on any atom is -0.375 e. The molecule has 1 amide bonds. The molecular weight excluding hydrogens is 356 g/mol. The average Bonchev–Trinajstić information content (AvgIpc) is 2.69. The Morgan fingerprint density at radius 2 is 2.04 bits per heavy atom. The summed E-state index contributed by atoms with van der Waals surface area (Å²) in [7, 11) is -3.51.